The number of anilines is 2. The van der Waals surface area contributed by atoms with Gasteiger partial charge in [-0.25, -0.2) is 9.97 Å². The molecule has 0 radical (unpaired) electrons. The third-order valence-corrected chi connectivity index (χ3v) is 3.75. The van der Waals surface area contributed by atoms with Crippen molar-refractivity contribution in [3.8, 4) is 0 Å². The minimum absolute atomic E-state index is 0.152. The van der Waals surface area contributed by atoms with E-state index in [4.69, 9.17) is 0 Å². The lowest BCUT2D eigenvalue weighted by molar-refractivity contribution is -0.137. The molecule has 1 saturated heterocycles. The molecule has 0 spiro atoms. The van der Waals surface area contributed by atoms with Crippen molar-refractivity contribution in [3.05, 3.63) is 47.9 Å². The Morgan fingerprint density at radius 2 is 1.71 bits per heavy atom. The number of halogens is 3. The third kappa shape index (κ3) is 3.64. The number of carbonyl (C=O) groups excluding carboxylic acids is 1. The second-order valence-corrected chi connectivity index (χ2v) is 5.49. The van der Waals surface area contributed by atoms with Crippen LogP contribution in [-0.2, 0) is 6.18 Å². The van der Waals surface area contributed by atoms with Gasteiger partial charge in [0.25, 0.3) is 5.91 Å². The fraction of sp³-hybridized carbons (Fsp3) is 0.312. The second-order valence-electron chi connectivity index (χ2n) is 5.49. The maximum Gasteiger partial charge on any atom is 0.416 e. The first-order valence-electron chi connectivity index (χ1n) is 7.49. The molecule has 1 N–H and O–H groups in total. The van der Waals surface area contributed by atoms with Gasteiger partial charge in [-0.3, -0.25) is 4.79 Å². The van der Waals surface area contributed by atoms with Gasteiger partial charge in [0.1, 0.15) is 11.5 Å². The van der Waals surface area contributed by atoms with Crippen LogP contribution in [0.4, 0.5) is 24.7 Å². The molecule has 0 bridgehead atoms. The Labute approximate surface area is 136 Å². The molecule has 2 heterocycles. The zero-order valence-electron chi connectivity index (χ0n) is 12.7. The first-order chi connectivity index (χ1) is 11.4. The molecule has 8 heteroatoms. The molecule has 1 aromatic carbocycles. The fourth-order valence-electron chi connectivity index (χ4n) is 2.48. The van der Waals surface area contributed by atoms with Gasteiger partial charge in [-0.05, 0) is 37.1 Å². The lowest BCUT2D eigenvalue weighted by atomic mass is 10.2. The molecule has 0 unspecified atom stereocenters. The normalized spacial score (nSPS) is 14.7. The Bertz CT molecular complexity index is 708. The maximum atomic E-state index is 12.5. The van der Waals surface area contributed by atoms with Gasteiger partial charge in [0, 0.05) is 18.8 Å². The number of amides is 1. The lowest BCUT2D eigenvalue weighted by Crippen LogP contribution is -2.28. The molecule has 5 nitrogen and oxygen atoms in total. The molecule has 3 rings (SSSR count). The Hall–Kier alpha value is -2.64. The van der Waals surface area contributed by atoms with Gasteiger partial charge in [0.2, 0.25) is 0 Å². The summed E-state index contributed by atoms with van der Waals surface area (Å²) < 4.78 is 37.5. The van der Waals surface area contributed by atoms with Gasteiger partial charge in [0.05, 0.1) is 18.0 Å². The molecule has 1 aliphatic heterocycles. The molecule has 0 saturated carbocycles. The first kappa shape index (κ1) is 16.2. The number of benzene rings is 1. The van der Waals surface area contributed by atoms with Crippen LogP contribution < -0.4 is 5.32 Å². The molecule has 1 amide bonds. The highest BCUT2D eigenvalue weighted by atomic mass is 19.4. The van der Waals surface area contributed by atoms with E-state index in [0.717, 1.165) is 38.1 Å². The van der Waals surface area contributed by atoms with Gasteiger partial charge < -0.3 is 10.2 Å². The third-order valence-electron chi connectivity index (χ3n) is 3.75. The summed E-state index contributed by atoms with van der Waals surface area (Å²) >= 11 is 0. The van der Waals surface area contributed by atoms with E-state index in [1.807, 2.05) is 0 Å². The summed E-state index contributed by atoms with van der Waals surface area (Å²) in [5.74, 6) is 0.203. The summed E-state index contributed by atoms with van der Waals surface area (Å²) in [6.45, 7) is 1.46. The van der Waals surface area contributed by atoms with Gasteiger partial charge in [-0.15, -0.1) is 0 Å². The smallest absolute Gasteiger partial charge is 0.339 e. The Morgan fingerprint density at radius 3 is 2.25 bits per heavy atom. The van der Waals surface area contributed by atoms with Crippen LogP contribution in [0.2, 0.25) is 0 Å². The average Bonchev–Trinajstić information content (AvgIpc) is 3.09. The van der Waals surface area contributed by atoms with E-state index in [0.29, 0.717) is 11.5 Å². The van der Waals surface area contributed by atoms with Gasteiger partial charge in [-0.2, -0.15) is 13.2 Å². The molecule has 2 aromatic rings. The van der Waals surface area contributed by atoms with Crippen molar-refractivity contribution in [3.63, 3.8) is 0 Å². The minimum atomic E-state index is -4.37. The van der Waals surface area contributed by atoms with Gasteiger partial charge >= 0.3 is 6.18 Å². The summed E-state index contributed by atoms with van der Waals surface area (Å²) in [7, 11) is 0. The minimum Gasteiger partial charge on any atom is -0.339 e. The van der Waals surface area contributed by atoms with Crippen molar-refractivity contribution >= 4 is 17.4 Å². The molecule has 126 valence electrons. The quantitative estimate of drug-likeness (QED) is 0.932. The molecular weight excluding hydrogens is 321 g/mol. The highest BCUT2D eigenvalue weighted by molar-refractivity contribution is 5.92. The van der Waals surface area contributed by atoms with Gasteiger partial charge in [-0.1, -0.05) is 0 Å². The monoisotopic (exact) mass is 336 g/mol. The number of hydrogen-bond donors (Lipinski definition) is 1. The van der Waals surface area contributed by atoms with Crippen molar-refractivity contribution in [1.29, 1.82) is 0 Å². The Kier molecular flexibility index (Phi) is 4.37. The van der Waals surface area contributed by atoms with E-state index in [1.54, 1.807) is 4.90 Å². The molecule has 1 aliphatic rings. The van der Waals surface area contributed by atoms with E-state index in [1.165, 1.54) is 24.5 Å². The Balaban J connectivity index is 1.66. The average molecular weight is 336 g/mol. The van der Waals surface area contributed by atoms with Crippen molar-refractivity contribution in [2.45, 2.75) is 19.0 Å². The molecular formula is C16H15F3N4O. The highest BCUT2D eigenvalue weighted by Crippen LogP contribution is 2.30. The number of hydrogen-bond acceptors (Lipinski definition) is 4. The standard InChI is InChI=1S/C16H15F3N4O/c17-16(18,19)11-3-5-12(6-4-11)22-14-10-20-13(9-21-14)15(24)23-7-1-2-8-23/h3-6,9-10H,1-2,7-8H2,(H,21,22). The number of likely N-dealkylation sites (tertiary alicyclic amines) is 1. The second kappa shape index (κ2) is 6.46. The zero-order valence-corrected chi connectivity index (χ0v) is 12.7. The van der Waals surface area contributed by atoms with Crippen LogP contribution in [0.25, 0.3) is 0 Å². The number of nitrogens with zero attached hydrogens (tertiary/aromatic N) is 3. The predicted molar refractivity (Wildman–Crippen MR) is 81.9 cm³/mol. The van der Waals surface area contributed by atoms with Crippen LogP contribution in [0.5, 0.6) is 0 Å². The summed E-state index contributed by atoms with van der Waals surface area (Å²) in [6, 6.07) is 4.60. The van der Waals surface area contributed by atoms with E-state index in [2.05, 4.69) is 15.3 Å². The summed E-state index contributed by atoms with van der Waals surface area (Å²) in [5, 5.41) is 2.85. The molecule has 0 aliphatic carbocycles. The maximum absolute atomic E-state index is 12.5. The zero-order chi connectivity index (χ0) is 17.2. The summed E-state index contributed by atoms with van der Waals surface area (Å²) in [6.07, 6.45) is 0.378. The molecule has 1 fully saturated rings. The van der Waals surface area contributed by atoms with Crippen LogP contribution in [0, 0.1) is 0 Å². The number of alkyl halides is 3. The molecule has 24 heavy (non-hydrogen) atoms. The summed E-state index contributed by atoms with van der Waals surface area (Å²) in [5.41, 5.74) is -0.00326. The van der Waals surface area contributed by atoms with Crippen molar-refractivity contribution in [2.75, 3.05) is 18.4 Å². The van der Waals surface area contributed by atoms with Crippen molar-refractivity contribution in [2.24, 2.45) is 0 Å². The number of carbonyl (C=O) groups is 1. The van der Waals surface area contributed by atoms with E-state index >= 15 is 0 Å². The fourth-order valence-corrected chi connectivity index (χ4v) is 2.48. The van der Waals surface area contributed by atoms with Crippen molar-refractivity contribution < 1.29 is 18.0 Å². The highest BCUT2D eigenvalue weighted by Gasteiger charge is 2.29. The number of nitrogens with one attached hydrogen (secondary N) is 1. The van der Waals surface area contributed by atoms with Crippen LogP contribution in [0.15, 0.2) is 36.7 Å². The number of aromatic nitrogens is 2. The largest absolute Gasteiger partial charge is 0.416 e. The van der Waals surface area contributed by atoms with Crippen LogP contribution in [0.3, 0.4) is 0 Å². The van der Waals surface area contributed by atoms with Crippen LogP contribution in [0.1, 0.15) is 28.9 Å². The molecule has 1 aromatic heterocycles. The van der Waals surface area contributed by atoms with Crippen LogP contribution >= 0.6 is 0 Å². The summed E-state index contributed by atoms with van der Waals surface area (Å²) in [4.78, 5) is 22.0. The van der Waals surface area contributed by atoms with E-state index in [-0.39, 0.29) is 11.6 Å². The lowest BCUT2D eigenvalue weighted by Gasteiger charge is -2.14. The van der Waals surface area contributed by atoms with Crippen LogP contribution in [-0.4, -0.2) is 33.9 Å². The predicted octanol–water partition coefficient (Wildman–Crippen LogP) is 3.48. The number of rotatable bonds is 3. The van der Waals surface area contributed by atoms with E-state index < -0.39 is 11.7 Å². The Morgan fingerprint density at radius 1 is 1.04 bits per heavy atom. The topological polar surface area (TPSA) is 58.1 Å². The SMILES string of the molecule is O=C(c1cnc(Nc2ccc(C(F)(F)F)cc2)cn1)N1CCCC1. The van der Waals surface area contributed by atoms with E-state index in [9.17, 15) is 18.0 Å². The van der Waals surface area contributed by atoms with Crippen molar-refractivity contribution in [1.82, 2.24) is 14.9 Å². The first-order valence-corrected chi connectivity index (χ1v) is 7.49. The van der Waals surface area contributed by atoms with Gasteiger partial charge in [0.15, 0.2) is 0 Å². The molecule has 0 atom stereocenters.